The van der Waals surface area contributed by atoms with Crippen LogP contribution in [0.4, 0.5) is 0 Å². The molecule has 1 aromatic rings. The van der Waals surface area contributed by atoms with Crippen molar-refractivity contribution < 1.29 is 0 Å². The Bertz CT molecular complexity index is 224. The summed E-state index contributed by atoms with van der Waals surface area (Å²) >= 11 is 7.85. The van der Waals surface area contributed by atoms with E-state index < -0.39 is 0 Å². The number of halogens is 2. The molecule has 0 bridgehead atoms. The van der Waals surface area contributed by atoms with Crippen LogP contribution in [0, 0.1) is 10.5 Å². The zero-order valence-electron chi connectivity index (χ0n) is 4.86. The first-order chi connectivity index (χ1) is 4.20. The molecule has 0 atom stereocenters. The van der Waals surface area contributed by atoms with E-state index in [9.17, 15) is 0 Å². The van der Waals surface area contributed by atoms with Crippen molar-refractivity contribution in [2.75, 3.05) is 0 Å². The predicted octanol–water partition coefficient (Wildman–Crippen LogP) is 2.65. The molecular formula is C6H5ClIN. The van der Waals surface area contributed by atoms with Gasteiger partial charge in [-0.15, -0.1) is 0 Å². The second-order valence-corrected chi connectivity index (χ2v) is 3.32. The molecule has 0 spiro atoms. The molecule has 48 valence electrons. The van der Waals surface area contributed by atoms with E-state index in [1.165, 1.54) is 0 Å². The van der Waals surface area contributed by atoms with Crippen molar-refractivity contribution in [1.82, 2.24) is 4.98 Å². The predicted molar refractivity (Wildman–Crippen MR) is 46.7 cm³/mol. The van der Waals surface area contributed by atoms with E-state index in [1.807, 2.05) is 13.0 Å². The van der Waals surface area contributed by atoms with E-state index in [1.54, 1.807) is 6.20 Å². The molecule has 0 aliphatic rings. The molecule has 0 aliphatic carbocycles. The van der Waals surface area contributed by atoms with Gasteiger partial charge in [0, 0.05) is 9.77 Å². The highest BCUT2D eigenvalue weighted by Gasteiger charge is 1.93. The molecule has 1 aromatic heterocycles. The third-order valence-electron chi connectivity index (χ3n) is 0.992. The molecule has 0 aromatic carbocycles. The first kappa shape index (κ1) is 7.28. The fourth-order valence-corrected chi connectivity index (χ4v) is 1.30. The number of aromatic nitrogens is 1. The standard InChI is InChI=1S/C6H5ClIN/c1-4-6(8)2-5(7)3-9-4/h2-3H,1H3. The van der Waals surface area contributed by atoms with Crippen LogP contribution in [0.1, 0.15) is 5.69 Å². The van der Waals surface area contributed by atoms with E-state index in [0.29, 0.717) is 5.02 Å². The maximum atomic E-state index is 5.65. The minimum absolute atomic E-state index is 0.699. The van der Waals surface area contributed by atoms with E-state index in [-0.39, 0.29) is 0 Å². The van der Waals surface area contributed by atoms with Gasteiger partial charge in [0.05, 0.1) is 10.7 Å². The quantitative estimate of drug-likeness (QED) is 0.648. The van der Waals surface area contributed by atoms with Crippen LogP contribution >= 0.6 is 34.2 Å². The lowest BCUT2D eigenvalue weighted by Gasteiger charge is -1.94. The summed E-state index contributed by atoms with van der Waals surface area (Å²) < 4.78 is 1.11. The van der Waals surface area contributed by atoms with Gasteiger partial charge in [-0.05, 0) is 35.6 Å². The highest BCUT2D eigenvalue weighted by atomic mass is 127. The Labute approximate surface area is 72.6 Å². The van der Waals surface area contributed by atoms with Crippen molar-refractivity contribution in [3.63, 3.8) is 0 Å². The molecule has 9 heavy (non-hydrogen) atoms. The number of pyridine rings is 1. The van der Waals surface area contributed by atoms with Crippen LogP contribution in [-0.4, -0.2) is 4.98 Å². The summed E-state index contributed by atoms with van der Waals surface area (Å²) in [4.78, 5) is 4.04. The third-order valence-corrected chi connectivity index (χ3v) is 2.29. The normalized spacial score (nSPS) is 9.67. The molecule has 1 rings (SSSR count). The van der Waals surface area contributed by atoms with Gasteiger partial charge in [0.25, 0.3) is 0 Å². The van der Waals surface area contributed by atoms with Crippen molar-refractivity contribution in [2.45, 2.75) is 6.92 Å². The van der Waals surface area contributed by atoms with E-state index >= 15 is 0 Å². The Kier molecular flexibility index (Phi) is 2.29. The van der Waals surface area contributed by atoms with Crippen LogP contribution in [0.5, 0.6) is 0 Å². The van der Waals surface area contributed by atoms with Crippen LogP contribution in [0.2, 0.25) is 5.02 Å². The zero-order valence-corrected chi connectivity index (χ0v) is 7.77. The first-order valence-electron chi connectivity index (χ1n) is 2.48. The van der Waals surface area contributed by atoms with Crippen molar-refractivity contribution in [2.24, 2.45) is 0 Å². The van der Waals surface area contributed by atoms with Gasteiger partial charge in [-0.2, -0.15) is 0 Å². The molecule has 1 nitrogen and oxygen atoms in total. The molecule has 0 unspecified atom stereocenters. The van der Waals surface area contributed by atoms with Crippen molar-refractivity contribution in [3.8, 4) is 0 Å². The fourth-order valence-electron chi connectivity index (χ4n) is 0.483. The number of hydrogen-bond acceptors (Lipinski definition) is 1. The second kappa shape index (κ2) is 2.84. The molecule has 0 saturated carbocycles. The fraction of sp³-hybridized carbons (Fsp3) is 0.167. The molecular weight excluding hydrogens is 248 g/mol. The van der Waals surface area contributed by atoms with Gasteiger partial charge in [0.1, 0.15) is 0 Å². The molecule has 0 aliphatic heterocycles. The second-order valence-electron chi connectivity index (χ2n) is 1.72. The molecule has 3 heteroatoms. The summed E-state index contributed by atoms with van der Waals surface area (Å²) in [5.41, 5.74) is 1.03. The highest BCUT2D eigenvalue weighted by molar-refractivity contribution is 14.1. The Hall–Kier alpha value is 0.170. The van der Waals surface area contributed by atoms with E-state index in [4.69, 9.17) is 11.6 Å². The molecule has 0 fully saturated rings. The topological polar surface area (TPSA) is 12.9 Å². The van der Waals surface area contributed by atoms with Crippen molar-refractivity contribution in [3.05, 3.63) is 26.5 Å². The van der Waals surface area contributed by atoms with Gasteiger partial charge < -0.3 is 0 Å². The summed E-state index contributed by atoms with van der Waals surface area (Å²) in [5.74, 6) is 0. The van der Waals surface area contributed by atoms with Crippen LogP contribution in [0.25, 0.3) is 0 Å². The van der Waals surface area contributed by atoms with Gasteiger partial charge in [0.2, 0.25) is 0 Å². The summed E-state index contributed by atoms with van der Waals surface area (Å²) in [7, 11) is 0. The number of rotatable bonds is 0. The summed E-state index contributed by atoms with van der Waals surface area (Å²) in [5, 5.41) is 0.699. The molecule has 0 saturated heterocycles. The lowest BCUT2D eigenvalue weighted by Crippen LogP contribution is -1.83. The third kappa shape index (κ3) is 1.79. The van der Waals surface area contributed by atoms with Crippen LogP contribution < -0.4 is 0 Å². The van der Waals surface area contributed by atoms with Gasteiger partial charge in [-0.3, -0.25) is 4.98 Å². The lowest BCUT2D eigenvalue weighted by molar-refractivity contribution is 1.18. The highest BCUT2D eigenvalue weighted by Crippen LogP contribution is 2.13. The molecule has 0 radical (unpaired) electrons. The lowest BCUT2D eigenvalue weighted by atomic mass is 10.4. The largest absolute Gasteiger partial charge is 0.259 e. The van der Waals surface area contributed by atoms with Crippen molar-refractivity contribution >= 4 is 34.2 Å². The first-order valence-corrected chi connectivity index (χ1v) is 3.93. The van der Waals surface area contributed by atoms with Gasteiger partial charge in [0.15, 0.2) is 0 Å². The number of aryl methyl sites for hydroxylation is 1. The summed E-state index contributed by atoms with van der Waals surface area (Å²) in [6.07, 6.45) is 1.65. The maximum Gasteiger partial charge on any atom is 0.0600 e. The maximum absolute atomic E-state index is 5.65. The zero-order chi connectivity index (χ0) is 6.85. The van der Waals surface area contributed by atoms with Gasteiger partial charge >= 0.3 is 0 Å². The monoisotopic (exact) mass is 253 g/mol. The molecule has 1 heterocycles. The minimum Gasteiger partial charge on any atom is -0.259 e. The van der Waals surface area contributed by atoms with E-state index in [0.717, 1.165) is 9.26 Å². The molecule has 0 amide bonds. The summed E-state index contributed by atoms with van der Waals surface area (Å²) in [6, 6.07) is 1.89. The van der Waals surface area contributed by atoms with Crippen LogP contribution in [-0.2, 0) is 0 Å². The average molecular weight is 253 g/mol. The van der Waals surface area contributed by atoms with E-state index in [2.05, 4.69) is 27.6 Å². The van der Waals surface area contributed by atoms with Crippen molar-refractivity contribution in [1.29, 1.82) is 0 Å². The number of hydrogen-bond donors (Lipinski definition) is 0. The van der Waals surface area contributed by atoms with Gasteiger partial charge in [-0.25, -0.2) is 0 Å². The molecule has 0 N–H and O–H groups in total. The minimum atomic E-state index is 0.699. The van der Waals surface area contributed by atoms with Crippen LogP contribution in [0.3, 0.4) is 0 Å². The smallest absolute Gasteiger partial charge is 0.0600 e. The summed E-state index contributed by atoms with van der Waals surface area (Å²) in [6.45, 7) is 1.96. The Morgan fingerprint density at radius 2 is 2.33 bits per heavy atom. The Morgan fingerprint density at radius 3 is 2.78 bits per heavy atom. The number of nitrogens with zero attached hydrogens (tertiary/aromatic N) is 1. The Balaban J connectivity index is 3.17. The Morgan fingerprint density at radius 1 is 1.67 bits per heavy atom. The van der Waals surface area contributed by atoms with Crippen LogP contribution in [0.15, 0.2) is 12.3 Å². The van der Waals surface area contributed by atoms with Gasteiger partial charge in [-0.1, -0.05) is 11.6 Å². The average Bonchev–Trinajstić information content (AvgIpc) is 1.80. The SMILES string of the molecule is Cc1ncc(Cl)cc1I.